The minimum Gasteiger partial charge on any atom is -0.497 e. The van der Waals surface area contributed by atoms with Crippen molar-refractivity contribution in [3.63, 3.8) is 0 Å². The third kappa shape index (κ3) is 5.70. The van der Waals surface area contributed by atoms with Crippen molar-refractivity contribution < 1.29 is 14.3 Å². The number of halogens is 1. The lowest BCUT2D eigenvalue weighted by Crippen LogP contribution is -2.43. The van der Waals surface area contributed by atoms with Gasteiger partial charge in [0.1, 0.15) is 5.75 Å². The lowest BCUT2D eigenvalue weighted by molar-refractivity contribution is 0.0391. The minimum absolute atomic E-state index is 0. The molecule has 0 bridgehead atoms. The number of fused-ring (bicyclic) bond motifs is 1. The van der Waals surface area contributed by atoms with Gasteiger partial charge in [0.05, 0.1) is 30.5 Å². The van der Waals surface area contributed by atoms with Gasteiger partial charge in [-0.15, -0.1) is 24.2 Å². The van der Waals surface area contributed by atoms with E-state index in [1.54, 1.807) is 41.2 Å². The molecule has 4 rings (SSSR count). The summed E-state index contributed by atoms with van der Waals surface area (Å²) in [6.07, 6.45) is 2.06. The summed E-state index contributed by atoms with van der Waals surface area (Å²) >= 11 is 3.26. The number of rotatable bonds is 7. The van der Waals surface area contributed by atoms with E-state index in [1.807, 2.05) is 24.3 Å². The molecule has 1 aliphatic rings. The highest BCUT2D eigenvalue weighted by molar-refractivity contribution is 7.98. The molecule has 1 aliphatic heterocycles. The molecule has 0 N–H and O–H groups in total. The van der Waals surface area contributed by atoms with E-state index in [1.165, 1.54) is 4.90 Å². The number of thioether (sulfide) groups is 1. The summed E-state index contributed by atoms with van der Waals surface area (Å²) in [7, 11) is 1.61. The molecule has 1 amide bonds. The molecule has 1 fully saturated rings. The van der Waals surface area contributed by atoms with Gasteiger partial charge in [-0.25, -0.2) is 4.98 Å². The number of aromatic nitrogens is 1. The summed E-state index contributed by atoms with van der Waals surface area (Å²) in [4.78, 5) is 23.6. The number of thiazole rings is 1. The molecule has 0 spiro atoms. The van der Waals surface area contributed by atoms with Crippen LogP contribution in [0.4, 0.5) is 5.13 Å². The van der Waals surface area contributed by atoms with Gasteiger partial charge in [0, 0.05) is 36.6 Å². The van der Waals surface area contributed by atoms with Gasteiger partial charge < -0.3 is 9.47 Å². The smallest absolute Gasteiger partial charge is 0.260 e. The molecular weight excluding hydrogens is 454 g/mol. The van der Waals surface area contributed by atoms with Crippen LogP contribution in [0.3, 0.4) is 0 Å². The van der Waals surface area contributed by atoms with Gasteiger partial charge in [-0.2, -0.15) is 0 Å². The molecule has 2 heterocycles. The summed E-state index contributed by atoms with van der Waals surface area (Å²) in [5.74, 6) is 0.606. The Morgan fingerprint density at radius 3 is 2.81 bits per heavy atom. The first kappa shape index (κ1) is 23.8. The Hall–Kier alpha value is -1.84. The molecule has 0 aliphatic carbocycles. The molecule has 1 aromatic heterocycles. The average molecular weight is 480 g/mol. The van der Waals surface area contributed by atoms with Crippen LogP contribution in [-0.2, 0) is 4.74 Å². The summed E-state index contributed by atoms with van der Waals surface area (Å²) in [6, 6.07) is 13.5. The molecule has 0 saturated carbocycles. The number of hydrogen-bond acceptors (Lipinski definition) is 7. The second-order valence-corrected chi connectivity index (χ2v) is 8.86. The Kier molecular flexibility index (Phi) is 8.57. The van der Waals surface area contributed by atoms with Crippen molar-refractivity contribution in [1.82, 2.24) is 9.88 Å². The van der Waals surface area contributed by atoms with Gasteiger partial charge in [0.25, 0.3) is 5.91 Å². The quantitative estimate of drug-likeness (QED) is 0.467. The van der Waals surface area contributed by atoms with E-state index in [0.29, 0.717) is 17.9 Å². The summed E-state index contributed by atoms with van der Waals surface area (Å²) in [5, 5.41) is 0.726. The number of carbonyl (C=O) groups excluding carboxylic acids is 1. The van der Waals surface area contributed by atoms with Crippen LogP contribution in [0.2, 0.25) is 0 Å². The highest BCUT2D eigenvalue weighted by Crippen LogP contribution is 2.32. The molecule has 2 aromatic carbocycles. The number of anilines is 1. The molecule has 0 unspecified atom stereocenters. The molecule has 31 heavy (non-hydrogen) atoms. The number of ether oxygens (including phenoxy) is 2. The van der Waals surface area contributed by atoms with Crippen LogP contribution in [-0.4, -0.2) is 68.5 Å². The SMILES string of the molecule is COc1cccc(C(=O)N(CCN2CCOCC2)c2nc3ccc(SC)cc3s2)c1.Cl. The number of benzene rings is 2. The van der Waals surface area contributed by atoms with Crippen molar-refractivity contribution in [2.75, 3.05) is 57.7 Å². The summed E-state index contributed by atoms with van der Waals surface area (Å²) < 4.78 is 11.8. The van der Waals surface area contributed by atoms with Crippen molar-refractivity contribution >= 4 is 56.8 Å². The molecule has 3 aromatic rings. The molecule has 0 radical (unpaired) electrons. The highest BCUT2D eigenvalue weighted by Gasteiger charge is 2.23. The molecule has 0 atom stereocenters. The lowest BCUT2D eigenvalue weighted by atomic mass is 10.2. The number of methoxy groups -OCH3 is 1. The zero-order valence-electron chi connectivity index (χ0n) is 17.6. The predicted molar refractivity (Wildman–Crippen MR) is 131 cm³/mol. The topological polar surface area (TPSA) is 54.9 Å². The number of morpholine rings is 1. The van der Waals surface area contributed by atoms with Crippen LogP contribution in [0.15, 0.2) is 47.4 Å². The Morgan fingerprint density at radius 1 is 1.26 bits per heavy atom. The van der Waals surface area contributed by atoms with Gasteiger partial charge in [0.15, 0.2) is 5.13 Å². The first-order chi connectivity index (χ1) is 14.7. The Morgan fingerprint density at radius 2 is 2.06 bits per heavy atom. The fourth-order valence-electron chi connectivity index (χ4n) is 3.40. The zero-order valence-corrected chi connectivity index (χ0v) is 20.0. The second kappa shape index (κ2) is 11.2. The van der Waals surface area contributed by atoms with Crippen LogP contribution >= 0.6 is 35.5 Å². The molecule has 6 nitrogen and oxygen atoms in total. The largest absolute Gasteiger partial charge is 0.497 e. The normalized spacial score (nSPS) is 14.3. The maximum absolute atomic E-state index is 13.5. The maximum atomic E-state index is 13.5. The standard InChI is InChI=1S/C22H25N3O3S2.ClH/c1-27-17-5-3-4-16(14-17)21(26)25(9-8-24-10-12-28-13-11-24)22-23-19-7-6-18(29-2)15-20(19)30-22;/h3-7,14-15H,8-13H2,1-2H3;1H. The fraction of sp³-hybridized carbons (Fsp3) is 0.364. The molecule has 166 valence electrons. The molecule has 9 heteroatoms. The summed E-state index contributed by atoms with van der Waals surface area (Å²) in [5.41, 5.74) is 1.52. The maximum Gasteiger partial charge on any atom is 0.260 e. The zero-order chi connectivity index (χ0) is 20.9. The highest BCUT2D eigenvalue weighted by atomic mass is 35.5. The van der Waals surface area contributed by atoms with Crippen LogP contribution in [0.1, 0.15) is 10.4 Å². The second-order valence-electron chi connectivity index (χ2n) is 6.97. The predicted octanol–water partition coefficient (Wildman–Crippen LogP) is 4.43. The van der Waals surface area contributed by atoms with Crippen molar-refractivity contribution in [3.05, 3.63) is 48.0 Å². The van der Waals surface area contributed by atoms with Gasteiger partial charge >= 0.3 is 0 Å². The van der Waals surface area contributed by atoms with E-state index in [-0.39, 0.29) is 18.3 Å². The van der Waals surface area contributed by atoms with Gasteiger partial charge in [0.2, 0.25) is 0 Å². The Balaban J connectivity index is 0.00000272. The van der Waals surface area contributed by atoms with Crippen molar-refractivity contribution in [1.29, 1.82) is 0 Å². The van der Waals surface area contributed by atoms with Crippen LogP contribution < -0.4 is 9.64 Å². The Labute approximate surface area is 196 Å². The van der Waals surface area contributed by atoms with E-state index < -0.39 is 0 Å². The average Bonchev–Trinajstić information content (AvgIpc) is 3.22. The van der Waals surface area contributed by atoms with E-state index in [4.69, 9.17) is 14.5 Å². The van der Waals surface area contributed by atoms with Crippen molar-refractivity contribution in [2.24, 2.45) is 0 Å². The van der Waals surface area contributed by atoms with E-state index in [9.17, 15) is 4.79 Å². The number of hydrogen-bond donors (Lipinski definition) is 0. The first-order valence-corrected chi connectivity index (χ1v) is 11.9. The number of nitrogens with zero attached hydrogens (tertiary/aromatic N) is 3. The van der Waals surface area contributed by atoms with Crippen LogP contribution in [0.25, 0.3) is 10.2 Å². The third-order valence-corrected chi connectivity index (χ3v) is 6.89. The van der Waals surface area contributed by atoms with E-state index >= 15 is 0 Å². The van der Waals surface area contributed by atoms with Crippen LogP contribution in [0, 0.1) is 0 Å². The van der Waals surface area contributed by atoms with Crippen molar-refractivity contribution in [3.8, 4) is 5.75 Å². The first-order valence-electron chi connectivity index (χ1n) is 9.88. The number of amides is 1. The Bertz CT molecular complexity index is 1020. The van der Waals surface area contributed by atoms with Gasteiger partial charge in [-0.3, -0.25) is 14.6 Å². The minimum atomic E-state index is -0.0636. The lowest BCUT2D eigenvalue weighted by Gasteiger charge is -2.29. The van der Waals surface area contributed by atoms with Crippen molar-refractivity contribution in [2.45, 2.75) is 4.90 Å². The van der Waals surface area contributed by atoms with Gasteiger partial charge in [-0.05, 0) is 42.7 Å². The number of carbonyl (C=O) groups is 1. The van der Waals surface area contributed by atoms with E-state index in [2.05, 4.69) is 23.3 Å². The van der Waals surface area contributed by atoms with Crippen LogP contribution in [0.5, 0.6) is 5.75 Å². The summed E-state index contributed by atoms with van der Waals surface area (Å²) in [6.45, 7) is 4.61. The van der Waals surface area contributed by atoms with Gasteiger partial charge in [-0.1, -0.05) is 17.4 Å². The third-order valence-electron chi connectivity index (χ3n) is 5.12. The van der Waals surface area contributed by atoms with E-state index in [0.717, 1.165) is 48.2 Å². The monoisotopic (exact) mass is 479 g/mol. The fourth-order valence-corrected chi connectivity index (χ4v) is 4.94. The molecule has 1 saturated heterocycles. The molecular formula is C22H26ClN3O3S2.